The summed E-state index contributed by atoms with van der Waals surface area (Å²) in [5, 5.41) is 3.62. The second kappa shape index (κ2) is 3.64. The summed E-state index contributed by atoms with van der Waals surface area (Å²) in [5.41, 5.74) is -0.0300. The molecule has 0 amide bonds. The summed E-state index contributed by atoms with van der Waals surface area (Å²) in [6.45, 7) is 4.13. The number of esters is 1. The van der Waals surface area contributed by atoms with Gasteiger partial charge in [0.1, 0.15) is 0 Å². The van der Waals surface area contributed by atoms with Crippen molar-refractivity contribution in [2.45, 2.75) is 38.5 Å². The van der Waals surface area contributed by atoms with Crippen LogP contribution in [0.25, 0.3) is 0 Å². The van der Waals surface area contributed by atoms with Crippen molar-refractivity contribution >= 4 is 5.97 Å². The first-order valence-corrected chi connectivity index (χ1v) is 5.17. The van der Waals surface area contributed by atoms with Crippen LogP contribution in [0.5, 0.6) is 0 Å². The van der Waals surface area contributed by atoms with Crippen LogP contribution in [-0.4, -0.2) is 22.7 Å². The Kier molecular flexibility index (Phi) is 2.46. The standard InChI is InChI=1S/C10H14N2O3/c1-3-14-8(13)7-11-9(15-12-7)10(2)5-4-6-10/h3-6H2,1-2H3. The van der Waals surface area contributed by atoms with Crippen molar-refractivity contribution in [1.82, 2.24) is 10.1 Å². The highest BCUT2D eigenvalue weighted by atomic mass is 16.5. The number of hydrogen-bond acceptors (Lipinski definition) is 5. The Morgan fingerprint density at radius 2 is 2.33 bits per heavy atom. The summed E-state index contributed by atoms with van der Waals surface area (Å²) in [6.07, 6.45) is 3.25. The van der Waals surface area contributed by atoms with Gasteiger partial charge in [0, 0.05) is 5.41 Å². The largest absolute Gasteiger partial charge is 0.460 e. The lowest BCUT2D eigenvalue weighted by atomic mass is 9.70. The first-order valence-electron chi connectivity index (χ1n) is 5.17. The van der Waals surface area contributed by atoms with Gasteiger partial charge in [0.15, 0.2) is 0 Å². The lowest BCUT2D eigenvalue weighted by molar-refractivity contribution is 0.0508. The van der Waals surface area contributed by atoms with Gasteiger partial charge in [0.25, 0.3) is 5.82 Å². The fourth-order valence-corrected chi connectivity index (χ4v) is 1.67. The minimum Gasteiger partial charge on any atom is -0.460 e. The van der Waals surface area contributed by atoms with Crippen molar-refractivity contribution in [3.8, 4) is 0 Å². The van der Waals surface area contributed by atoms with Crippen molar-refractivity contribution in [1.29, 1.82) is 0 Å². The summed E-state index contributed by atoms with van der Waals surface area (Å²) in [6, 6.07) is 0. The first-order chi connectivity index (χ1) is 7.15. The molecule has 82 valence electrons. The third-order valence-electron chi connectivity index (χ3n) is 2.86. The molecule has 0 aromatic carbocycles. The molecule has 0 saturated heterocycles. The van der Waals surface area contributed by atoms with E-state index >= 15 is 0 Å². The third kappa shape index (κ3) is 1.73. The molecule has 1 aromatic heterocycles. The molecule has 1 aliphatic carbocycles. The van der Waals surface area contributed by atoms with Crippen molar-refractivity contribution < 1.29 is 14.1 Å². The predicted octanol–water partition coefficient (Wildman–Crippen LogP) is 1.69. The normalized spacial score (nSPS) is 18.3. The van der Waals surface area contributed by atoms with E-state index in [0.29, 0.717) is 12.5 Å². The molecule has 1 aliphatic rings. The monoisotopic (exact) mass is 210 g/mol. The van der Waals surface area contributed by atoms with E-state index in [-0.39, 0.29) is 11.2 Å². The lowest BCUT2D eigenvalue weighted by Gasteiger charge is -2.34. The zero-order chi connectivity index (χ0) is 10.9. The maximum absolute atomic E-state index is 11.3. The van der Waals surface area contributed by atoms with Gasteiger partial charge in [-0.05, 0) is 24.9 Å². The zero-order valence-electron chi connectivity index (χ0n) is 8.95. The summed E-state index contributed by atoms with van der Waals surface area (Å²) in [5.74, 6) is 0.0622. The maximum Gasteiger partial charge on any atom is 0.379 e. The van der Waals surface area contributed by atoms with Crippen LogP contribution in [-0.2, 0) is 10.2 Å². The highest BCUT2D eigenvalue weighted by Crippen LogP contribution is 2.42. The van der Waals surface area contributed by atoms with Crippen LogP contribution in [0.15, 0.2) is 4.52 Å². The molecule has 0 atom stereocenters. The van der Waals surface area contributed by atoms with Gasteiger partial charge in [0.2, 0.25) is 5.89 Å². The number of carbonyl (C=O) groups is 1. The Morgan fingerprint density at radius 1 is 1.60 bits per heavy atom. The van der Waals surface area contributed by atoms with Gasteiger partial charge in [-0.3, -0.25) is 0 Å². The molecule has 2 rings (SSSR count). The Bertz CT molecular complexity index is 368. The summed E-state index contributed by atoms with van der Waals surface area (Å²) < 4.78 is 9.86. The number of carbonyl (C=O) groups excluding carboxylic acids is 1. The molecule has 1 saturated carbocycles. The number of nitrogens with zero attached hydrogens (tertiary/aromatic N) is 2. The minimum atomic E-state index is -0.518. The molecule has 5 nitrogen and oxygen atoms in total. The van der Waals surface area contributed by atoms with Gasteiger partial charge in [-0.2, -0.15) is 4.98 Å². The van der Waals surface area contributed by atoms with E-state index in [9.17, 15) is 4.79 Å². The van der Waals surface area contributed by atoms with Crippen LogP contribution >= 0.6 is 0 Å². The minimum absolute atomic E-state index is 0.0278. The Balaban J connectivity index is 2.13. The molecule has 1 aromatic rings. The molecule has 1 fully saturated rings. The number of rotatable bonds is 3. The van der Waals surface area contributed by atoms with Crippen molar-refractivity contribution in [2.75, 3.05) is 6.61 Å². The first kappa shape index (κ1) is 10.1. The lowest BCUT2D eigenvalue weighted by Crippen LogP contribution is -2.30. The van der Waals surface area contributed by atoms with E-state index < -0.39 is 5.97 Å². The van der Waals surface area contributed by atoms with Gasteiger partial charge >= 0.3 is 5.97 Å². The summed E-state index contributed by atoms with van der Waals surface area (Å²) in [7, 11) is 0. The average molecular weight is 210 g/mol. The SMILES string of the molecule is CCOC(=O)c1noc(C2(C)CCC2)n1. The summed E-state index contributed by atoms with van der Waals surface area (Å²) in [4.78, 5) is 15.4. The van der Waals surface area contributed by atoms with Gasteiger partial charge < -0.3 is 9.26 Å². The average Bonchev–Trinajstić information content (AvgIpc) is 2.63. The topological polar surface area (TPSA) is 65.2 Å². The molecule has 0 N–H and O–H groups in total. The fraction of sp³-hybridized carbons (Fsp3) is 0.700. The number of ether oxygens (including phenoxy) is 1. The molecule has 0 unspecified atom stereocenters. The molecule has 0 bridgehead atoms. The quantitative estimate of drug-likeness (QED) is 0.710. The highest BCUT2D eigenvalue weighted by Gasteiger charge is 2.39. The Hall–Kier alpha value is -1.39. The molecule has 0 radical (unpaired) electrons. The summed E-state index contributed by atoms with van der Waals surface area (Å²) >= 11 is 0. The molecule has 0 aliphatic heterocycles. The number of aromatic nitrogens is 2. The van der Waals surface area contributed by atoms with E-state index in [1.807, 2.05) is 0 Å². The second-order valence-electron chi connectivity index (χ2n) is 4.06. The Morgan fingerprint density at radius 3 is 2.87 bits per heavy atom. The molecule has 15 heavy (non-hydrogen) atoms. The third-order valence-corrected chi connectivity index (χ3v) is 2.86. The van der Waals surface area contributed by atoms with Gasteiger partial charge in [-0.1, -0.05) is 13.3 Å². The Labute approximate surface area is 87.8 Å². The predicted molar refractivity (Wildman–Crippen MR) is 51.5 cm³/mol. The molecule has 0 spiro atoms. The zero-order valence-corrected chi connectivity index (χ0v) is 8.95. The van der Waals surface area contributed by atoms with Crippen LogP contribution < -0.4 is 0 Å². The molecular weight excluding hydrogens is 196 g/mol. The van der Waals surface area contributed by atoms with Crippen molar-refractivity contribution in [3.63, 3.8) is 0 Å². The van der Waals surface area contributed by atoms with Gasteiger partial charge in [0.05, 0.1) is 6.61 Å². The van der Waals surface area contributed by atoms with Crippen LogP contribution in [0.4, 0.5) is 0 Å². The van der Waals surface area contributed by atoms with E-state index in [0.717, 1.165) is 12.8 Å². The van der Waals surface area contributed by atoms with E-state index in [4.69, 9.17) is 9.26 Å². The van der Waals surface area contributed by atoms with Gasteiger partial charge in [-0.25, -0.2) is 4.79 Å². The highest BCUT2D eigenvalue weighted by molar-refractivity contribution is 5.84. The molecular formula is C10H14N2O3. The van der Waals surface area contributed by atoms with Crippen LogP contribution in [0.1, 0.15) is 49.6 Å². The van der Waals surface area contributed by atoms with Crippen LogP contribution in [0, 0.1) is 0 Å². The molecule has 5 heteroatoms. The maximum atomic E-state index is 11.3. The van der Waals surface area contributed by atoms with Crippen LogP contribution in [0.3, 0.4) is 0 Å². The second-order valence-corrected chi connectivity index (χ2v) is 4.06. The van der Waals surface area contributed by atoms with E-state index in [1.165, 1.54) is 6.42 Å². The van der Waals surface area contributed by atoms with Crippen molar-refractivity contribution in [2.24, 2.45) is 0 Å². The number of hydrogen-bond donors (Lipinski definition) is 0. The van der Waals surface area contributed by atoms with Crippen LogP contribution in [0.2, 0.25) is 0 Å². The smallest absolute Gasteiger partial charge is 0.379 e. The van der Waals surface area contributed by atoms with E-state index in [1.54, 1.807) is 6.92 Å². The fourth-order valence-electron chi connectivity index (χ4n) is 1.67. The molecule has 1 heterocycles. The van der Waals surface area contributed by atoms with Gasteiger partial charge in [-0.15, -0.1) is 0 Å². The van der Waals surface area contributed by atoms with Crippen molar-refractivity contribution in [3.05, 3.63) is 11.7 Å². The van der Waals surface area contributed by atoms with E-state index in [2.05, 4.69) is 17.1 Å².